The van der Waals surface area contributed by atoms with Gasteiger partial charge in [0.2, 0.25) is 0 Å². The van der Waals surface area contributed by atoms with E-state index in [0.29, 0.717) is 17.3 Å². The van der Waals surface area contributed by atoms with Crippen LogP contribution in [0.15, 0.2) is 60.9 Å². The van der Waals surface area contributed by atoms with Crippen molar-refractivity contribution in [1.29, 1.82) is 0 Å². The molecule has 0 fully saturated rings. The van der Waals surface area contributed by atoms with Gasteiger partial charge in [-0.05, 0) is 17.7 Å². The van der Waals surface area contributed by atoms with E-state index in [1.807, 2.05) is 48.5 Å². The highest BCUT2D eigenvalue weighted by Gasteiger charge is 2.08. The molecule has 0 spiro atoms. The van der Waals surface area contributed by atoms with Crippen LogP contribution in [0.2, 0.25) is 0 Å². The number of nitrogen functional groups attached to an aromatic ring is 1. The van der Waals surface area contributed by atoms with Crippen molar-refractivity contribution < 1.29 is 0 Å². The molecule has 19 heavy (non-hydrogen) atoms. The molecule has 3 aromatic rings. The monoisotopic (exact) mass is 248 g/mol. The van der Waals surface area contributed by atoms with Crippen LogP contribution in [0.3, 0.4) is 0 Å². The topological polar surface area (TPSA) is 64.7 Å². The Morgan fingerprint density at radius 3 is 2.32 bits per heavy atom. The Labute approximate surface area is 111 Å². The molecule has 4 nitrogen and oxygen atoms in total. The van der Waals surface area contributed by atoms with Crippen LogP contribution in [-0.2, 0) is 0 Å². The van der Waals surface area contributed by atoms with Gasteiger partial charge in [-0.15, -0.1) is 0 Å². The third-order valence-electron chi connectivity index (χ3n) is 2.80. The zero-order valence-corrected chi connectivity index (χ0v) is 10.2. The van der Waals surface area contributed by atoms with Gasteiger partial charge in [-0.3, -0.25) is 4.98 Å². The molecule has 4 heteroatoms. The highest BCUT2D eigenvalue weighted by molar-refractivity contribution is 5.74. The maximum absolute atomic E-state index is 6.01. The molecule has 2 heterocycles. The number of hydrogen-bond donors (Lipinski definition) is 1. The molecule has 0 saturated heterocycles. The summed E-state index contributed by atoms with van der Waals surface area (Å²) in [5.74, 6) is 1.000. The van der Waals surface area contributed by atoms with Gasteiger partial charge in [-0.2, -0.15) is 0 Å². The van der Waals surface area contributed by atoms with Crippen LogP contribution in [0.5, 0.6) is 0 Å². The van der Waals surface area contributed by atoms with Crippen molar-refractivity contribution in [3.63, 3.8) is 0 Å². The average Bonchev–Trinajstić information content (AvgIpc) is 2.49. The molecule has 3 rings (SSSR count). The van der Waals surface area contributed by atoms with E-state index in [1.54, 1.807) is 12.4 Å². The molecule has 0 bridgehead atoms. The number of nitrogens with two attached hydrogens (primary N) is 1. The predicted molar refractivity (Wildman–Crippen MR) is 75.1 cm³/mol. The Balaban J connectivity index is 2.04. The summed E-state index contributed by atoms with van der Waals surface area (Å²) in [7, 11) is 0. The third kappa shape index (κ3) is 2.28. The first-order valence-corrected chi connectivity index (χ1v) is 5.94. The van der Waals surface area contributed by atoms with E-state index in [0.717, 1.165) is 11.1 Å². The van der Waals surface area contributed by atoms with Gasteiger partial charge in [0.1, 0.15) is 11.5 Å². The van der Waals surface area contributed by atoms with Crippen molar-refractivity contribution in [2.24, 2.45) is 0 Å². The maximum atomic E-state index is 6.01. The molecule has 0 aliphatic rings. The largest absolute Gasteiger partial charge is 0.383 e. The second-order valence-corrected chi connectivity index (χ2v) is 4.07. The van der Waals surface area contributed by atoms with Crippen molar-refractivity contribution in [2.75, 3.05) is 5.73 Å². The van der Waals surface area contributed by atoms with E-state index < -0.39 is 0 Å². The minimum atomic E-state index is 0.460. The van der Waals surface area contributed by atoms with Crippen LogP contribution in [-0.4, -0.2) is 15.0 Å². The molecule has 92 valence electrons. The fraction of sp³-hybridized carbons (Fsp3) is 0. The normalized spacial score (nSPS) is 10.3. The zero-order valence-electron chi connectivity index (χ0n) is 10.2. The second-order valence-electron chi connectivity index (χ2n) is 4.07. The first kappa shape index (κ1) is 11.3. The molecular weight excluding hydrogens is 236 g/mol. The third-order valence-corrected chi connectivity index (χ3v) is 2.80. The predicted octanol–water partition coefficient (Wildman–Crippen LogP) is 2.79. The lowest BCUT2D eigenvalue weighted by atomic mass is 10.1. The number of pyridine rings is 1. The molecule has 0 atom stereocenters. The van der Waals surface area contributed by atoms with Gasteiger partial charge in [0.15, 0.2) is 5.82 Å². The first-order valence-electron chi connectivity index (χ1n) is 5.94. The zero-order chi connectivity index (χ0) is 13.1. The van der Waals surface area contributed by atoms with E-state index in [-0.39, 0.29) is 0 Å². The van der Waals surface area contributed by atoms with Gasteiger partial charge in [-0.1, -0.05) is 36.4 Å². The maximum Gasteiger partial charge on any atom is 0.180 e. The molecule has 0 saturated carbocycles. The van der Waals surface area contributed by atoms with E-state index in [9.17, 15) is 0 Å². The standard InChI is InChI=1S/C15H12N4/c16-14-12(11-6-2-1-3-7-11)10-18-15(19-14)13-8-4-5-9-17-13/h1-10H,(H2,16,18,19). The first-order chi connectivity index (χ1) is 9.34. The van der Waals surface area contributed by atoms with Crippen LogP contribution in [0, 0.1) is 0 Å². The van der Waals surface area contributed by atoms with Gasteiger partial charge in [0, 0.05) is 18.0 Å². The Kier molecular flexibility index (Phi) is 2.90. The molecule has 0 aliphatic carbocycles. The van der Waals surface area contributed by atoms with Gasteiger partial charge < -0.3 is 5.73 Å². The average molecular weight is 248 g/mol. The quantitative estimate of drug-likeness (QED) is 0.757. The summed E-state index contributed by atoms with van der Waals surface area (Å²) in [5, 5.41) is 0. The second kappa shape index (κ2) is 4.86. The van der Waals surface area contributed by atoms with Gasteiger partial charge >= 0.3 is 0 Å². The van der Waals surface area contributed by atoms with Crippen LogP contribution in [0.4, 0.5) is 5.82 Å². The molecule has 0 amide bonds. The molecule has 0 unspecified atom stereocenters. The van der Waals surface area contributed by atoms with E-state index >= 15 is 0 Å². The van der Waals surface area contributed by atoms with Gasteiger partial charge in [0.25, 0.3) is 0 Å². The fourth-order valence-electron chi connectivity index (χ4n) is 1.85. The molecular formula is C15H12N4. The summed E-state index contributed by atoms with van der Waals surface area (Å²) in [6.07, 6.45) is 3.45. The lowest BCUT2D eigenvalue weighted by Crippen LogP contribution is -1.99. The van der Waals surface area contributed by atoms with Crippen LogP contribution in [0.1, 0.15) is 0 Å². The summed E-state index contributed by atoms with van der Waals surface area (Å²) in [6.45, 7) is 0. The van der Waals surface area contributed by atoms with Crippen LogP contribution < -0.4 is 5.73 Å². The van der Waals surface area contributed by atoms with Crippen molar-refractivity contribution >= 4 is 5.82 Å². The van der Waals surface area contributed by atoms with Crippen molar-refractivity contribution in [3.05, 3.63) is 60.9 Å². The Bertz CT molecular complexity index is 681. The summed E-state index contributed by atoms with van der Waals surface area (Å²) < 4.78 is 0. The number of hydrogen-bond acceptors (Lipinski definition) is 4. The number of benzene rings is 1. The number of rotatable bonds is 2. The summed E-state index contributed by atoms with van der Waals surface area (Å²) in [5.41, 5.74) is 8.57. The lowest BCUT2D eigenvalue weighted by molar-refractivity contribution is 1.15. The summed E-state index contributed by atoms with van der Waals surface area (Å²) >= 11 is 0. The molecule has 2 aromatic heterocycles. The lowest BCUT2D eigenvalue weighted by Gasteiger charge is -2.06. The summed E-state index contributed by atoms with van der Waals surface area (Å²) in [4.78, 5) is 12.9. The highest BCUT2D eigenvalue weighted by Crippen LogP contribution is 2.24. The van der Waals surface area contributed by atoms with Crippen molar-refractivity contribution in [1.82, 2.24) is 15.0 Å². The summed E-state index contributed by atoms with van der Waals surface area (Å²) in [6, 6.07) is 15.5. The fourth-order valence-corrected chi connectivity index (χ4v) is 1.85. The van der Waals surface area contributed by atoms with Crippen molar-refractivity contribution in [2.45, 2.75) is 0 Å². The highest BCUT2D eigenvalue weighted by atomic mass is 15.0. The number of anilines is 1. The Morgan fingerprint density at radius 1 is 0.842 bits per heavy atom. The number of nitrogens with zero attached hydrogens (tertiary/aromatic N) is 3. The van der Waals surface area contributed by atoms with E-state index in [2.05, 4.69) is 15.0 Å². The van der Waals surface area contributed by atoms with E-state index in [4.69, 9.17) is 5.73 Å². The Hall–Kier alpha value is -2.75. The molecule has 0 radical (unpaired) electrons. The van der Waals surface area contributed by atoms with Gasteiger partial charge in [-0.25, -0.2) is 9.97 Å². The molecule has 2 N–H and O–H groups in total. The molecule has 1 aromatic carbocycles. The molecule has 0 aliphatic heterocycles. The van der Waals surface area contributed by atoms with Gasteiger partial charge in [0.05, 0.1) is 0 Å². The minimum absolute atomic E-state index is 0.460. The van der Waals surface area contributed by atoms with Crippen molar-refractivity contribution in [3.8, 4) is 22.6 Å². The SMILES string of the molecule is Nc1nc(-c2ccccn2)ncc1-c1ccccc1. The van der Waals surface area contributed by atoms with Crippen LogP contribution in [0.25, 0.3) is 22.6 Å². The van der Waals surface area contributed by atoms with Crippen LogP contribution >= 0.6 is 0 Å². The Morgan fingerprint density at radius 2 is 1.63 bits per heavy atom. The smallest absolute Gasteiger partial charge is 0.180 e. The number of aromatic nitrogens is 3. The van der Waals surface area contributed by atoms with E-state index in [1.165, 1.54) is 0 Å². The minimum Gasteiger partial charge on any atom is -0.383 e.